The van der Waals surface area contributed by atoms with E-state index in [0.717, 1.165) is 31.7 Å². The van der Waals surface area contributed by atoms with Crippen LogP contribution in [0.3, 0.4) is 0 Å². The van der Waals surface area contributed by atoms with Crippen molar-refractivity contribution in [3.05, 3.63) is 71.7 Å². The van der Waals surface area contributed by atoms with E-state index in [1.54, 1.807) is 16.2 Å². The van der Waals surface area contributed by atoms with Gasteiger partial charge in [-0.05, 0) is 30.5 Å². The molecule has 0 aliphatic carbocycles. The molecule has 1 atom stereocenters. The van der Waals surface area contributed by atoms with Crippen molar-refractivity contribution in [1.29, 1.82) is 0 Å². The van der Waals surface area contributed by atoms with E-state index < -0.39 is 0 Å². The Bertz CT molecular complexity index is 1070. The summed E-state index contributed by atoms with van der Waals surface area (Å²) in [7, 11) is 1.84. The molecule has 3 aromatic carbocycles. The number of amides is 1. The molecule has 0 unspecified atom stereocenters. The Hall–Kier alpha value is -2.92. The first-order valence-corrected chi connectivity index (χ1v) is 9.78. The van der Waals surface area contributed by atoms with Crippen LogP contribution in [0.2, 0.25) is 0 Å². The number of benzene rings is 3. The molecular weight excluding hydrogens is 354 g/mol. The van der Waals surface area contributed by atoms with Gasteiger partial charge in [0.15, 0.2) is 0 Å². The van der Waals surface area contributed by atoms with E-state index in [1.165, 1.54) is 0 Å². The molecule has 0 saturated carbocycles. The largest absolute Gasteiger partial charge is 0.376 e. The third kappa shape index (κ3) is 3.51. The number of thiazole rings is 1. The second-order valence-corrected chi connectivity index (χ2v) is 7.64. The van der Waals surface area contributed by atoms with Gasteiger partial charge < -0.3 is 10.2 Å². The number of fused-ring (bicyclic) bond motifs is 2. The highest BCUT2D eigenvalue weighted by Crippen LogP contribution is 2.29. The molecule has 4 aromatic rings. The normalized spacial score (nSPS) is 12.2. The number of nitrogens with one attached hydrogen (secondary N) is 1. The van der Waals surface area contributed by atoms with E-state index in [4.69, 9.17) is 0 Å². The molecule has 0 bridgehead atoms. The lowest BCUT2D eigenvalue weighted by atomic mass is 10.1. The zero-order valence-electron chi connectivity index (χ0n) is 15.3. The maximum atomic E-state index is 12.7. The predicted molar refractivity (Wildman–Crippen MR) is 113 cm³/mol. The second kappa shape index (κ2) is 7.37. The smallest absolute Gasteiger partial charge is 0.242 e. The number of hydrogen-bond acceptors (Lipinski definition) is 4. The van der Waals surface area contributed by atoms with Crippen LogP contribution >= 0.6 is 11.3 Å². The molecule has 4 nitrogen and oxygen atoms in total. The molecule has 4 rings (SSSR count). The van der Waals surface area contributed by atoms with Gasteiger partial charge in [0, 0.05) is 18.1 Å². The summed E-state index contributed by atoms with van der Waals surface area (Å²) < 4.78 is 1.15. The van der Waals surface area contributed by atoms with Crippen LogP contribution in [0.15, 0.2) is 66.7 Å². The minimum atomic E-state index is -0.0655. The topological polar surface area (TPSA) is 45.2 Å². The van der Waals surface area contributed by atoms with Crippen molar-refractivity contribution in [3.8, 4) is 0 Å². The summed E-state index contributed by atoms with van der Waals surface area (Å²) in [6, 6.07) is 22.2. The highest BCUT2D eigenvalue weighted by molar-refractivity contribution is 7.18. The minimum Gasteiger partial charge on any atom is -0.376 e. The fourth-order valence-electron chi connectivity index (χ4n) is 3.13. The Morgan fingerprint density at radius 2 is 1.81 bits per heavy atom. The number of hydrogen-bond donors (Lipinski definition) is 1. The van der Waals surface area contributed by atoms with E-state index in [9.17, 15) is 4.79 Å². The van der Waals surface area contributed by atoms with Crippen molar-refractivity contribution in [1.82, 2.24) is 9.88 Å². The lowest BCUT2D eigenvalue weighted by Gasteiger charge is -2.23. The van der Waals surface area contributed by atoms with Gasteiger partial charge in [-0.3, -0.25) is 4.79 Å². The van der Waals surface area contributed by atoms with Crippen LogP contribution in [-0.4, -0.2) is 29.4 Å². The molecule has 27 heavy (non-hydrogen) atoms. The number of carbonyl (C=O) groups excluding carboxylic acids is 1. The first-order chi connectivity index (χ1) is 13.1. The third-order valence-corrected chi connectivity index (χ3v) is 6.07. The highest BCUT2D eigenvalue weighted by Gasteiger charge is 2.20. The van der Waals surface area contributed by atoms with Gasteiger partial charge in [-0.2, -0.15) is 0 Å². The van der Waals surface area contributed by atoms with Gasteiger partial charge in [0.2, 0.25) is 5.91 Å². The fourth-order valence-corrected chi connectivity index (χ4v) is 4.19. The van der Waals surface area contributed by atoms with Crippen molar-refractivity contribution in [2.24, 2.45) is 0 Å². The van der Waals surface area contributed by atoms with Gasteiger partial charge in [-0.15, -0.1) is 11.3 Å². The monoisotopic (exact) mass is 375 g/mol. The van der Waals surface area contributed by atoms with E-state index in [1.807, 2.05) is 56.4 Å². The Kier molecular flexibility index (Phi) is 4.77. The molecule has 0 aliphatic rings. The van der Waals surface area contributed by atoms with Crippen LogP contribution in [0.1, 0.15) is 18.0 Å². The molecule has 1 N–H and O–H groups in total. The molecule has 1 heterocycles. The van der Waals surface area contributed by atoms with E-state index in [0.29, 0.717) is 0 Å². The second-order valence-electron chi connectivity index (χ2n) is 6.58. The Morgan fingerprint density at radius 3 is 2.67 bits per heavy atom. The van der Waals surface area contributed by atoms with E-state index >= 15 is 0 Å². The van der Waals surface area contributed by atoms with E-state index in [2.05, 4.69) is 34.6 Å². The number of nitrogens with zero attached hydrogens (tertiary/aromatic N) is 2. The van der Waals surface area contributed by atoms with Crippen molar-refractivity contribution < 1.29 is 4.79 Å². The molecule has 0 fully saturated rings. The summed E-state index contributed by atoms with van der Waals surface area (Å²) in [4.78, 5) is 19.2. The lowest BCUT2D eigenvalue weighted by molar-refractivity contribution is -0.129. The minimum absolute atomic E-state index is 0.0368. The quantitative estimate of drug-likeness (QED) is 0.529. The molecular formula is C22H21N3OS. The first-order valence-electron chi connectivity index (χ1n) is 8.96. The highest BCUT2D eigenvalue weighted by atomic mass is 32.1. The number of anilines is 1. The summed E-state index contributed by atoms with van der Waals surface area (Å²) in [5.41, 5.74) is 1.96. The first kappa shape index (κ1) is 17.5. The third-order valence-electron chi connectivity index (χ3n) is 4.86. The average Bonchev–Trinajstić information content (AvgIpc) is 3.15. The fraction of sp³-hybridized carbons (Fsp3) is 0.182. The van der Waals surface area contributed by atoms with Gasteiger partial charge in [0.25, 0.3) is 0 Å². The SMILES string of the molecule is C[C@@H](c1nc2ccccc2s1)N(C)C(=O)CNc1cccc2ccccc12. The van der Waals surface area contributed by atoms with E-state index in [-0.39, 0.29) is 18.5 Å². The summed E-state index contributed by atoms with van der Waals surface area (Å²) in [6.45, 7) is 2.27. The van der Waals surface area contributed by atoms with Crippen molar-refractivity contribution in [2.45, 2.75) is 13.0 Å². The van der Waals surface area contributed by atoms with Crippen molar-refractivity contribution in [3.63, 3.8) is 0 Å². The molecule has 0 radical (unpaired) electrons. The number of rotatable bonds is 5. The van der Waals surface area contributed by atoms with Gasteiger partial charge in [0.05, 0.1) is 22.8 Å². The summed E-state index contributed by atoms with van der Waals surface area (Å²) in [6.07, 6.45) is 0. The molecule has 1 aromatic heterocycles. The predicted octanol–water partition coefficient (Wildman–Crippen LogP) is 5.08. The average molecular weight is 375 g/mol. The molecule has 0 saturated heterocycles. The summed E-state index contributed by atoms with van der Waals surface area (Å²) in [5, 5.41) is 6.53. The number of aromatic nitrogens is 1. The zero-order valence-corrected chi connectivity index (χ0v) is 16.2. The van der Waals surface area contributed by atoms with Gasteiger partial charge in [-0.1, -0.05) is 48.5 Å². The Balaban J connectivity index is 1.47. The van der Waals surface area contributed by atoms with Crippen LogP contribution in [0.5, 0.6) is 0 Å². The maximum absolute atomic E-state index is 12.7. The standard InChI is InChI=1S/C22H21N3OS/c1-15(22-24-19-11-5-6-13-20(19)27-22)25(2)21(26)14-23-18-12-7-9-16-8-3-4-10-17(16)18/h3-13,15,23H,14H2,1-2H3/t15-/m0/s1. The Morgan fingerprint density at radius 1 is 1.07 bits per heavy atom. The van der Waals surface area contributed by atoms with Gasteiger partial charge >= 0.3 is 0 Å². The number of para-hydroxylation sites is 1. The van der Waals surface area contributed by atoms with Gasteiger partial charge in [0.1, 0.15) is 5.01 Å². The molecule has 0 spiro atoms. The summed E-state index contributed by atoms with van der Waals surface area (Å²) in [5.74, 6) is 0.0368. The number of carbonyl (C=O) groups is 1. The van der Waals surface area contributed by atoms with Crippen molar-refractivity contribution >= 4 is 43.9 Å². The molecule has 0 aliphatic heterocycles. The molecule has 136 valence electrons. The Labute approximate surface area is 162 Å². The van der Waals surface area contributed by atoms with Crippen LogP contribution in [-0.2, 0) is 4.79 Å². The number of likely N-dealkylation sites (N-methyl/N-ethyl adjacent to an activating group) is 1. The maximum Gasteiger partial charge on any atom is 0.242 e. The molecule has 1 amide bonds. The van der Waals surface area contributed by atoms with Crippen LogP contribution in [0.25, 0.3) is 21.0 Å². The van der Waals surface area contributed by atoms with Gasteiger partial charge in [-0.25, -0.2) is 4.98 Å². The molecule has 5 heteroatoms. The lowest BCUT2D eigenvalue weighted by Crippen LogP contribution is -2.34. The summed E-state index contributed by atoms with van der Waals surface area (Å²) >= 11 is 1.64. The van der Waals surface area contributed by atoms with Crippen LogP contribution in [0.4, 0.5) is 5.69 Å². The zero-order chi connectivity index (χ0) is 18.8. The van der Waals surface area contributed by atoms with Crippen LogP contribution in [0, 0.1) is 0 Å². The van der Waals surface area contributed by atoms with Crippen molar-refractivity contribution in [2.75, 3.05) is 18.9 Å². The van der Waals surface area contributed by atoms with Crippen LogP contribution < -0.4 is 5.32 Å².